The molecule has 2 aromatic rings. The average Bonchev–Trinajstić information content (AvgIpc) is 3.13. The maximum atomic E-state index is 13.7. The van der Waals surface area contributed by atoms with Crippen molar-refractivity contribution < 1.29 is 31.2 Å². The molecule has 13 heteroatoms. The van der Waals surface area contributed by atoms with Crippen molar-refractivity contribution in [3.05, 3.63) is 48.5 Å². The van der Waals surface area contributed by atoms with Crippen LogP contribution in [0.15, 0.2) is 48.5 Å². The number of sulfonamides is 2. The van der Waals surface area contributed by atoms with Gasteiger partial charge in [-0.3, -0.25) is 19.0 Å². The van der Waals surface area contributed by atoms with E-state index in [4.69, 9.17) is 16.3 Å². The number of nitrogens with one attached hydrogen (secondary N) is 3. The number of benzene rings is 2. The van der Waals surface area contributed by atoms with Crippen LogP contribution in [0.1, 0.15) is 163 Å². The Labute approximate surface area is 344 Å². The molecular weight excluding hydrogens is 770 g/mol. The number of unbranched alkanes of at least 4 members (excludes halogenated alkanes) is 18. The Kier molecular flexibility index (Phi) is 22.5. The molecule has 1 unspecified atom stereocenters. The lowest BCUT2D eigenvalue weighted by atomic mass is 9.86. The number of rotatable bonds is 31. The molecule has 318 valence electrons. The van der Waals surface area contributed by atoms with Gasteiger partial charge in [-0.25, -0.2) is 16.8 Å². The molecule has 0 spiro atoms. The molecule has 0 aliphatic rings. The summed E-state index contributed by atoms with van der Waals surface area (Å²) in [7, 11) is -7.79. The van der Waals surface area contributed by atoms with Crippen molar-refractivity contribution in [3.8, 4) is 5.75 Å². The fourth-order valence-corrected chi connectivity index (χ4v) is 9.14. The third-order valence-electron chi connectivity index (χ3n) is 9.61. The second kappa shape index (κ2) is 25.5. The van der Waals surface area contributed by atoms with Crippen LogP contribution in [0, 0.1) is 5.41 Å². The van der Waals surface area contributed by atoms with Gasteiger partial charge in [0, 0.05) is 17.2 Å². The molecule has 0 bridgehead atoms. The third kappa shape index (κ3) is 19.5. The lowest BCUT2D eigenvalue weighted by Crippen LogP contribution is -2.54. The number of ether oxygens (including phenoxy) is 1. The molecule has 1 amide bonds. The second-order valence-corrected chi connectivity index (χ2v) is 20.2. The number of Topliss-reactive ketones (excluding diaryl/α,β-unsaturated/α-hetero) is 1. The summed E-state index contributed by atoms with van der Waals surface area (Å²) in [5.41, 5.74) is -0.834. The lowest BCUT2D eigenvalue weighted by Gasteiger charge is -2.31. The van der Waals surface area contributed by atoms with E-state index < -0.39 is 42.2 Å². The van der Waals surface area contributed by atoms with E-state index in [-0.39, 0.29) is 28.6 Å². The fourth-order valence-electron chi connectivity index (χ4n) is 6.33. The Morgan fingerprint density at radius 3 is 1.43 bits per heavy atom. The number of carbonyl (C=O) groups is 2. The van der Waals surface area contributed by atoms with Crippen molar-refractivity contribution in [2.24, 2.45) is 5.41 Å². The van der Waals surface area contributed by atoms with Gasteiger partial charge in [-0.1, -0.05) is 180 Å². The molecule has 0 aromatic heterocycles. The Hall–Kier alpha value is -2.83. The van der Waals surface area contributed by atoms with Gasteiger partial charge in [0.2, 0.25) is 25.8 Å². The van der Waals surface area contributed by atoms with E-state index in [0.29, 0.717) is 18.5 Å². The topological polar surface area (TPSA) is 148 Å². The standard InChI is InChI=1S/C43H70ClN3O7S2/c1-6-8-10-12-14-16-18-20-22-27-33-55(50,51)46-38-32-31-37(35-39(38)47-56(52,53)34-28-23-21-19-17-15-13-11-9-7-2)54-43(44,40(48)42(3,4)5)41(49)45-36-29-25-24-26-30-36/h24-26,29-32,35,46-47H,6-23,27-28,33-34H2,1-5H3,(H,45,49). The Morgan fingerprint density at radius 2 is 1.00 bits per heavy atom. The molecule has 56 heavy (non-hydrogen) atoms. The number of alkyl halides is 1. The van der Waals surface area contributed by atoms with Crippen molar-refractivity contribution in [2.45, 2.75) is 168 Å². The number of carbonyl (C=O) groups excluding carboxylic acids is 2. The molecule has 0 aliphatic carbocycles. The van der Waals surface area contributed by atoms with E-state index in [1.54, 1.807) is 51.1 Å². The summed E-state index contributed by atoms with van der Waals surface area (Å²) >= 11 is 6.79. The van der Waals surface area contributed by atoms with Gasteiger partial charge in [-0.05, 0) is 37.1 Å². The van der Waals surface area contributed by atoms with Gasteiger partial charge >= 0.3 is 5.06 Å². The molecule has 2 aromatic carbocycles. The average molecular weight is 841 g/mol. The van der Waals surface area contributed by atoms with Gasteiger partial charge < -0.3 is 10.1 Å². The summed E-state index contributed by atoms with van der Waals surface area (Å²) in [6, 6.07) is 12.4. The summed E-state index contributed by atoms with van der Waals surface area (Å²) in [6.45, 7) is 9.20. The zero-order valence-electron chi connectivity index (χ0n) is 34.7. The van der Waals surface area contributed by atoms with Gasteiger partial charge in [0.25, 0.3) is 5.91 Å². The highest BCUT2D eigenvalue weighted by atomic mass is 35.5. The van der Waals surface area contributed by atoms with E-state index in [2.05, 4.69) is 28.6 Å². The number of hydrogen-bond donors (Lipinski definition) is 3. The van der Waals surface area contributed by atoms with Crippen LogP contribution in [-0.4, -0.2) is 45.1 Å². The summed E-state index contributed by atoms with van der Waals surface area (Å²) in [4.78, 5) is 27.3. The van der Waals surface area contributed by atoms with Gasteiger partial charge in [-0.15, -0.1) is 0 Å². The van der Waals surface area contributed by atoms with Crippen LogP contribution < -0.4 is 19.5 Å². The first-order valence-electron chi connectivity index (χ1n) is 21.0. The molecule has 0 saturated carbocycles. The van der Waals surface area contributed by atoms with Crippen molar-refractivity contribution in [1.29, 1.82) is 0 Å². The predicted molar refractivity (Wildman–Crippen MR) is 234 cm³/mol. The van der Waals surface area contributed by atoms with E-state index in [1.165, 1.54) is 82.4 Å². The highest BCUT2D eigenvalue weighted by Crippen LogP contribution is 2.36. The molecule has 0 radical (unpaired) electrons. The minimum absolute atomic E-state index is 0.00728. The van der Waals surface area contributed by atoms with Crippen LogP contribution in [0.2, 0.25) is 0 Å². The molecule has 1 atom stereocenters. The molecule has 0 aliphatic heterocycles. The van der Waals surface area contributed by atoms with E-state index in [9.17, 15) is 26.4 Å². The summed E-state index contributed by atoms with van der Waals surface area (Å²) < 4.78 is 64.4. The van der Waals surface area contributed by atoms with Gasteiger partial charge in [0.15, 0.2) is 0 Å². The number of hydrogen-bond acceptors (Lipinski definition) is 7. The Balaban J connectivity index is 2.23. The maximum Gasteiger partial charge on any atom is 0.320 e. The Bertz CT molecular complexity index is 1670. The van der Waals surface area contributed by atoms with Crippen LogP contribution in [0.3, 0.4) is 0 Å². The zero-order valence-corrected chi connectivity index (χ0v) is 37.1. The number of ketones is 1. The van der Waals surface area contributed by atoms with Crippen LogP contribution in [-0.2, 0) is 29.6 Å². The van der Waals surface area contributed by atoms with Crippen molar-refractivity contribution in [3.63, 3.8) is 0 Å². The van der Waals surface area contributed by atoms with Gasteiger partial charge in [-0.2, -0.15) is 0 Å². The molecule has 2 rings (SSSR count). The van der Waals surface area contributed by atoms with Crippen molar-refractivity contribution in [1.82, 2.24) is 0 Å². The van der Waals surface area contributed by atoms with Crippen molar-refractivity contribution >= 4 is 60.4 Å². The van der Waals surface area contributed by atoms with Crippen molar-refractivity contribution in [2.75, 3.05) is 26.3 Å². The number of amides is 1. The SMILES string of the molecule is CCCCCCCCCCCCS(=O)(=O)Nc1ccc(OC(Cl)(C(=O)Nc2ccccc2)C(=O)C(C)(C)C)cc1NS(=O)(=O)CCCCCCCCCCCC. The minimum Gasteiger partial charge on any atom is -0.456 e. The van der Waals surface area contributed by atoms with Crippen LogP contribution in [0.25, 0.3) is 0 Å². The Morgan fingerprint density at radius 1 is 0.589 bits per heavy atom. The molecule has 0 fully saturated rings. The van der Waals surface area contributed by atoms with Crippen LogP contribution in [0.4, 0.5) is 17.1 Å². The summed E-state index contributed by atoms with van der Waals surface area (Å²) in [5.74, 6) is -2.08. The second-order valence-electron chi connectivity index (χ2n) is 16.0. The van der Waals surface area contributed by atoms with E-state index >= 15 is 0 Å². The van der Waals surface area contributed by atoms with Gasteiger partial charge in [0.1, 0.15) is 5.75 Å². The fraction of sp³-hybridized carbons (Fsp3) is 0.674. The lowest BCUT2D eigenvalue weighted by molar-refractivity contribution is -0.144. The summed E-state index contributed by atoms with van der Waals surface area (Å²) in [6.07, 6.45) is 21.0. The highest BCUT2D eigenvalue weighted by molar-refractivity contribution is 7.93. The third-order valence-corrected chi connectivity index (χ3v) is 12.7. The molecular formula is C43H70ClN3O7S2. The minimum atomic E-state index is -3.93. The number of halogens is 1. The maximum absolute atomic E-state index is 13.7. The smallest absolute Gasteiger partial charge is 0.320 e. The molecule has 0 heterocycles. The van der Waals surface area contributed by atoms with Crippen LogP contribution >= 0.6 is 11.6 Å². The molecule has 10 nitrogen and oxygen atoms in total. The van der Waals surface area contributed by atoms with Crippen LogP contribution in [0.5, 0.6) is 5.75 Å². The molecule has 0 saturated heterocycles. The van der Waals surface area contributed by atoms with Gasteiger partial charge in [0.05, 0.1) is 22.9 Å². The summed E-state index contributed by atoms with van der Waals surface area (Å²) in [5, 5.41) is 0.0844. The van der Waals surface area contributed by atoms with E-state index in [0.717, 1.165) is 51.4 Å². The first-order chi connectivity index (χ1) is 26.5. The predicted octanol–water partition coefficient (Wildman–Crippen LogP) is 11.6. The largest absolute Gasteiger partial charge is 0.456 e. The molecule has 3 N–H and O–H groups in total. The highest BCUT2D eigenvalue weighted by Gasteiger charge is 2.51. The quantitative estimate of drug-likeness (QED) is 0.0389. The monoisotopic (exact) mass is 839 g/mol. The first-order valence-corrected chi connectivity index (χ1v) is 24.7. The number of anilines is 3. The zero-order chi connectivity index (χ0) is 41.5. The van der Waals surface area contributed by atoms with E-state index in [1.807, 2.05) is 0 Å². The first kappa shape index (κ1) is 49.3. The number of para-hydroxylation sites is 1. The normalized spacial score (nSPS) is 13.2.